The summed E-state index contributed by atoms with van der Waals surface area (Å²) < 4.78 is 12.0. The van der Waals surface area contributed by atoms with Crippen molar-refractivity contribution in [2.24, 2.45) is 11.0 Å². The van der Waals surface area contributed by atoms with E-state index in [1.807, 2.05) is 17.8 Å². The predicted molar refractivity (Wildman–Crippen MR) is 115 cm³/mol. The summed E-state index contributed by atoms with van der Waals surface area (Å²) in [4.78, 5) is 1.14. The molecule has 154 valence electrons. The minimum Gasteiger partial charge on any atom is -0.492 e. The van der Waals surface area contributed by atoms with Crippen molar-refractivity contribution in [1.82, 2.24) is 0 Å². The fourth-order valence-electron chi connectivity index (χ4n) is 2.73. The molecule has 0 radical (unpaired) electrons. The zero-order valence-electron chi connectivity index (χ0n) is 17.8. The highest BCUT2D eigenvalue weighted by Crippen LogP contribution is 2.41. The lowest BCUT2D eigenvalue weighted by Gasteiger charge is -2.17. The van der Waals surface area contributed by atoms with Crippen LogP contribution in [0.15, 0.2) is 22.1 Å². The van der Waals surface area contributed by atoms with Gasteiger partial charge in [-0.25, -0.2) is 0 Å². The Kier molecular flexibility index (Phi) is 13.0. The fourth-order valence-corrected chi connectivity index (χ4v) is 4.00. The molecule has 1 aromatic carbocycles. The lowest BCUT2D eigenvalue weighted by molar-refractivity contribution is -0.210. The van der Waals surface area contributed by atoms with Gasteiger partial charge in [0.15, 0.2) is 11.4 Å². The van der Waals surface area contributed by atoms with Crippen LogP contribution in [-0.4, -0.2) is 19.0 Å². The first-order valence-electron chi connectivity index (χ1n) is 10.7. The van der Waals surface area contributed by atoms with Crippen LogP contribution in [0, 0.1) is 5.92 Å². The van der Waals surface area contributed by atoms with Crippen LogP contribution < -0.4 is 15.0 Å². The van der Waals surface area contributed by atoms with Gasteiger partial charge in [-0.05, 0) is 36.4 Å². The molecular weight excluding hydrogens is 356 g/mol. The van der Waals surface area contributed by atoms with Crippen LogP contribution in [-0.2, 0) is 0 Å². The van der Waals surface area contributed by atoms with Crippen molar-refractivity contribution >= 4 is 17.4 Å². The Morgan fingerprint density at radius 1 is 0.926 bits per heavy atom. The van der Waals surface area contributed by atoms with Crippen molar-refractivity contribution in [1.29, 1.82) is 0 Å². The highest BCUT2D eigenvalue weighted by atomic mass is 32.2. The normalized spacial score (nSPS) is 12.0. The van der Waals surface area contributed by atoms with Gasteiger partial charge in [-0.2, -0.15) is 5.53 Å². The summed E-state index contributed by atoms with van der Waals surface area (Å²) in [5, 5.41) is 3.92. The van der Waals surface area contributed by atoms with E-state index < -0.39 is 0 Å². The monoisotopic (exact) mass is 395 g/mol. The van der Waals surface area contributed by atoms with E-state index in [1.54, 1.807) is 0 Å². The van der Waals surface area contributed by atoms with Crippen LogP contribution in [0.5, 0.6) is 11.5 Å². The Balaban J connectivity index is 2.95. The highest BCUT2D eigenvalue weighted by molar-refractivity contribution is 7.99. The summed E-state index contributed by atoms with van der Waals surface area (Å²) in [5.41, 5.74) is 6.28. The van der Waals surface area contributed by atoms with E-state index in [0.717, 1.165) is 60.4 Å². The van der Waals surface area contributed by atoms with Crippen molar-refractivity contribution in [3.8, 4) is 11.5 Å². The van der Waals surface area contributed by atoms with Crippen molar-refractivity contribution < 1.29 is 15.0 Å². The molecule has 5 heteroatoms. The van der Waals surface area contributed by atoms with E-state index in [4.69, 9.17) is 15.0 Å². The lowest BCUT2D eigenvalue weighted by Crippen LogP contribution is -2.22. The number of nitrogens with zero attached hydrogens (tertiary/aromatic N) is 1. The van der Waals surface area contributed by atoms with Gasteiger partial charge in [0.05, 0.1) is 18.1 Å². The molecule has 0 heterocycles. The molecule has 27 heavy (non-hydrogen) atoms. The molecule has 2 N–H and O–H groups in total. The molecule has 0 spiro atoms. The number of nitrogens with two attached hydrogens (primary N) is 1. The third-order valence-corrected chi connectivity index (χ3v) is 5.96. The first-order valence-corrected chi connectivity index (χ1v) is 11.7. The molecule has 0 bridgehead atoms. The molecule has 0 aliphatic heterocycles. The number of rotatable bonds is 16. The maximum Gasteiger partial charge on any atom is 0.175 e. The average Bonchev–Trinajstić information content (AvgIpc) is 2.69. The number of hydrogen-bond donors (Lipinski definition) is 1. The molecule has 0 saturated heterocycles. The van der Waals surface area contributed by atoms with Gasteiger partial charge < -0.3 is 9.47 Å². The van der Waals surface area contributed by atoms with E-state index in [1.165, 1.54) is 25.7 Å². The van der Waals surface area contributed by atoms with E-state index in [2.05, 4.69) is 38.9 Å². The second-order valence-electron chi connectivity index (χ2n) is 7.03. The first-order chi connectivity index (χ1) is 13.2. The summed E-state index contributed by atoms with van der Waals surface area (Å²) in [6.45, 7) is 10.3. The summed E-state index contributed by atoms with van der Waals surface area (Å²) in [5.74, 6) is 3.49. The number of unbranched alkanes of at least 4 members (excludes halogenated alkanes) is 3. The van der Waals surface area contributed by atoms with Crippen molar-refractivity contribution in [3.63, 3.8) is 0 Å². The van der Waals surface area contributed by atoms with Gasteiger partial charge in [-0.1, -0.05) is 59.8 Å². The Morgan fingerprint density at radius 2 is 1.56 bits per heavy atom. The van der Waals surface area contributed by atoms with E-state index in [0.29, 0.717) is 12.3 Å². The largest absolute Gasteiger partial charge is 0.492 e. The van der Waals surface area contributed by atoms with Gasteiger partial charge in [0.1, 0.15) is 5.75 Å². The summed E-state index contributed by atoms with van der Waals surface area (Å²) in [7, 11) is 0. The number of ether oxygens (including phenoxy) is 2. The quantitative estimate of drug-likeness (QED) is 0.206. The molecule has 1 atom stereocenters. The van der Waals surface area contributed by atoms with Crippen LogP contribution in [0.4, 0.5) is 5.69 Å². The zero-order chi connectivity index (χ0) is 19.9. The third-order valence-electron chi connectivity index (χ3n) is 4.69. The second kappa shape index (κ2) is 14.8. The molecule has 0 fully saturated rings. The lowest BCUT2D eigenvalue weighted by atomic mass is 10.0. The van der Waals surface area contributed by atoms with E-state index >= 15 is 0 Å². The Bertz CT molecular complexity index is 537. The standard InChI is InChI=1S/C22H38N2O2S/c1-5-9-12-18(8-4)17-27-22-16-20(25-13-10-6-2)19(24-23)15-21(22)26-14-11-7-3/h15-16,18,23H,5-14,17H2,1-4H3/p+1. The molecule has 0 aliphatic carbocycles. The molecule has 1 aromatic rings. The maximum absolute atomic E-state index is 6.06. The molecular formula is C22H39N2O2S+. The van der Waals surface area contributed by atoms with Crippen LogP contribution >= 0.6 is 11.8 Å². The van der Waals surface area contributed by atoms with Crippen LogP contribution in [0.3, 0.4) is 0 Å². The fraction of sp³-hybridized carbons (Fsp3) is 0.727. The topological polar surface area (TPSA) is 56.4 Å². The van der Waals surface area contributed by atoms with Gasteiger partial charge in [0.25, 0.3) is 0 Å². The molecule has 1 unspecified atom stereocenters. The van der Waals surface area contributed by atoms with Crippen LogP contribution in [0.2, 0.25) is 0 Å². The van der Waals surface area contributed by atoms with Crippen LogP contribution in [0.25, 0.3) is 0 Å². The van der Waals surface area contributed by atoms with Gasteiger partial charge >= 0.3 is 0 Å². The molecule has 1 rings (SSSR count). The maximum atomic E-state index is 6.06. The van der Waals surface area contributed by atoms with E-state index in [-0.39, 0.29) is 0 Å². The van der Waals surface area contributed by atoms with Crippen molar-refractivity contribution in [3.05, 3.63) is 12.1 Å². The Morgan fingerprint density at radius 3 is 2.11 bits per heavy atom. The van der Waals surface area contributed by atoms with Crippen molar-refractivity contribution in [2.45, 2.75) is 84.0 Å². The number of thioether (sulfide) groups is 1. The van der Waals surface area contributed by atoms with E-state index in [9.17, 15) is 0 Å². The molecule has 4 nitrogen and oxygen atoms in total. The minimum absolute atomic E-state index is 0.667. The highest BCUT2D eigenvalue weighted by Gasteiger charge is 2.16. The van der Waals surface area contributed by atoms with Gasteiger partial charge in [-0.3, -0.25) is 0 Å². The summed E-state index contributed by atoms with van der Waals surface area (Å²) in [6.07, 6.45) is 9.35. The minimum atomic E-state index is 0.667. The molecule has 0 amide bonds. The smallest absolute Gasteiger partial charge is 0.175 e. The van der Waals surface area contributed by atoms with Gasteiger partial charge in [0, 0.05) is 11.8 Å². The molecule has 0 aromatic heterocycles. The summed E-state index contributed by atoms with van der Waals surface area (Å²) in [6, 6.07) is 4.01. The van der Waals surface area contributed by atoms with Gasteiger partial charge in [-0.15, -0.1) is 11.8 Å². The Hall–Kier alpha value is -1.23. The molecule has 0 aliphatic rings. The van der Waals surface area contributed by atoms with Gasteiger partial charge in [0.2, 0.25) is 0 Å². The SMILES string of the molecule is CCCCOc1cc(SCC(CC)CCCC)c(OCCCC)cc1N=[NH2+]. The third kappa shape index (κ3) is 9.00. The summed E-state index contributed by atoms with van der Waals surface area (Å²) >= 11 is 1.87. The molecule has 0 saturated carbocycles. The predicted octanol–water partition coefficient (Wildman–Crippen LogP) is 6.20. The number of benzene rings is 1. The zero-order valence-corrected chi connectivity index (χ0v) is 18.6. The first kappa shape index (κ1) is 23.8. The van der Waals surface area contributed by atoms with Crippen molar-refractivity contribution in [2.75, 3.05) is 19.0 Å². The average molecular weight is 396 g/mol. The van der Waals surface area contributed by atoms with Crippen LogP contribution in [0.1, 0.15) is 79.1 Å². The Labute approximate surface area is 170 Å². The number of hydrogen-bond acceptors (Lipinski definition) is 4. The second-order valence-corrected chi connectivity index (χ2v) is 8.09.